The Morgan fingerprint density at radius 1 is 1.56 bits per heavy atom. The number of aliphatic hydroxyl groups excluding tert-OH is 1. The number of carbonyl (C=O) groups excluding carboxylic acids is 1. The van der Waals surface area contributed by atoms with Gasteiger partial charge in [-0.2, -0.15) is 0 Å². The van der Waals surface area contributed by atoms with Gasteiger partial charge in [-0.15, -0.1) is 0 Å². The van der Waals surface area contributed by atoms with Gasteiger partial charge in [0.1, 0.15) is 6.10 Å². The predicted octanol–water partition coefficient (Wildman–Crippen LogP) is -1.50. The SMILES string of the molecule is CN(C)CC1CC(O)CN1C(=O)C1CNCCO1. The number of likely N-dealkylation sites (N-methyl/N-ethyl adjacent to an activating group) is 1. The molecule has 6 heteroatoms. The first kappa shape index (κ1) is 13.7. The van der Waals surface area contributed by atoms with Crippen molar-refractivity contribution < 1.29 is 14.6 Å². The predicted molar refractivity (Wildman–Crippen MR) is 67.3 cm³/mol. The van der Waals surface area contributed by atoms with Crippen LogP contribution in [0.5, 0.6) is 0 Å². The summed E-state index contributed by atoms with van der Waals surface area (Å²) in [5, 5.41) is 12.9. The zero-order chi connectivity index (χ0) is 13.1. The first-order valence-electron chi connectivity index (χ1n) is 6.53. The maximum atomic E-state index is 12.4. The van der Waals surface area contributed by atoms with Gasteiger partial charge >= 0.3 is 0 Å². The summed E-state index contributed by atoms with van der Waals surface area (Å²) in [4.78, 5) is 16.2. The molecule has 0 spiro atoms. The lowest BCUT2D eigenvalue weighted by Crippen LogP contribution is -2.52. The minimum absolute atomic E-state index is 0.00519. The van der Waals surface area contributed by atoms with E-state index in [4.69, 9.17) is 4.74 Å². The topological polar surface area (TPSA) is 65.0 Å². The van der Waals surface area contributed by atoms with E-state index in [1.54, 1.807) is 4.90 Å². The minimum Gasteiger partial charge on any atom is -0.391 e. The smallest absolute Gasteiger partial charge is 0.253 e. The summed E-state index contributed by atoms with van der Waals surface area (Å²) in [6.45, 7) is 3.15. The monoisotopic (exact) mass is 257 g/mol. The minimum atomic E-state index is -0.407. The molecule has 0 radical (unpaired) electrons. The van der Waals surface area contributed by atoms with Crippen LogP contribution in [0.15, 0.2) is 0 Å². The van der Waals surface area contributed by atoms with Crippen molar-refractivity contribution in [2.24, 2.45) is 0 Å². The van der Waals surface area contributed by atoms with Gasteiger partial charge in [-0.05, 0) is 20.5 Å². The molecule has 2 fully saturated rings. The summed E-state index contributed by atoms with van der Waals surface area (Å²) in [5.41, 5.74) is 0. The molecule has 18 heavy (non-hydrogen) atoms. The maximum Gasteiger partial charge on any atom is 0.253 e. The summed E-state index contributed by atoms with van der Waals surface area (Å²) in [6, 6.07) is 0.0908. The third-order valence-corrected chi connectivity index (χ3v) is 3.45. The lowest BCUT2D eigenvalue weighted by atomic mass is 10.2. The number of rotatable bonds is 3. The van der Waals surface area contributed by atoms with Crippen LogP contribution in [0.1, 0.15) is 6.42 Å². The van der Waals surface area contributed by atoms with Crippen LogP contribution in [0.2, 0.25) is 0 Å². The van der Waals surface area contributed by atoms with Crippen LogP contribution >= 0.6 is 0 Å². The second-order valence-corrected chi connectivity index (χ2v) is 5.36. The molecule has 2 heterocycles. The van der Waals surface area contributed by atoms with Gasteiger partial charge in [-0.25, -0.2) is 0 Å². The summed E-state index contributed by atoms with van der Waals surface area (Å²) in [7, 11) is 3.96. The van der Waals surface area contributed by atoms with E-state index in [1.165, 1.54) is 0 Å². The largest absolute Gasteiger partial charge is 0.391 e. The highest BCUT2D eigenvalue weighted by atomic mass is 16.5. The molecule has 3 unspecified atom stereocenters. The molecule has 2 rings (SSSR count). The molecule has 6 nitrogen and oxygen atoms in total. The maximum absolute atomic E-state index is 12.4. The first-order chi connectivity index (χ1) is 8.58. The highest BCUT2D eigenvalue weighted by molar-refractivity contribution is 5.82. The van der Waals surface area contributed by atoms with Crippen LogP contribution in [0.25, 0.3) is 0 Å². The number of nitrogens with zero attached hydrogens (tertiary/aromatic N) is 2. The number of β-amino-alcohol motifs (C(OH)–C–C–N with tert-alkyl or cyclic N) is 1. The Morgan fingerprint density at radius 3 is 2.94 bits per heavy atom. The summed E-state index contributed by atoms with van der Waals surface area (Å²) in [6.07, 6.45) is -0.145. The zero-order valence-electron chi connectivity index (χ0n) is 11.1. The molecule has 2 aliphatic rings. The average Bonchev–Trinajstić information content (AvgIpc) is 2.69. The van der Waals surface area contributed by atoms with Crippen molar-refractivity contribution in [2.75, 3.05) is 46.9 Å². The Morgan fingerprint density at radius 2 is 2.33 bits per heavy atom. The van der Waals surface area contributed by atoms with Crippen molar-refractivity contribution in [3.05, 3.63) is 0 Å². The van der Waals surface area contributed by atoms with Crippen LogP contribution in [-0.2, 0) is 9.53 Å². The van der Waals surface area contributed by atoms with Crippen molar-refractivity contribution in [3.63, 3.8) is 0 Å². The quantitative estimate of drug-likeness (QED) is 0.644. The Balaban J connectivity index is 1.97. The van der Waals surface area contributed by atoms with Crippen molar-refractivity contribution in [1.82, 2.24) is 15.1 Å². The molecular weight excluding hydrogens is 234 g/mol. The molecule has 2 saturated heterocycles. The fourth-order valence-corrected chi connectivity index (χ4v) is 2.67. The van der Waals surface area contributed by atoms with Gasteiger partial charge in [0, 0.05) is 32.2 Å². The lowest BCUT2D eigenvalue weighted by Gasteiger charge is -2.31. The van der Waals surface area contributed by atoms with Gasteiger partial charge in [0.05, 0.1) is 12.7 Å². The molecule has 0 bridgehead atoms. The number of ether oxygens (including phenoxy) is 1. The Bertz CT molecular complexity index is 292. The highest BCUT2D eigenvalue weighted by Crippen LogP contribution is 2.20. The fraction of sp³-hybridized carbons (Fsp3) is 0.917. The molecule has 0 aromatic heterocycles. The van der Waals surface area contributed by atoms with Gasteiger partial charge in [0.15, 0.2) is 0 Å². The van der Waals surface area contributed by atoms with E-state index in [1.807, 2.05) is 19.0 Å². The van der Waals surface area contributed by atoms with E-state index >= 15 is 0 Å². The van der Waals surface area contributed by atoms with Crippen LogP contribution in [-0.4, -0.2) is 85.9 Å². The summed E-state index contributed by atoms with van der Waals surface area (Å²) >= 11 is 0. The molecule has 0 aromatic rings. The zero-order valence-corrected chi connectivity index (χ0v) is 11.1. The fourth-order valence-electron chi connectivity index (χ4n) is 2.67. The van der Waals surface area contributed by atoms with Crippen LogP contribution < -0.4 is 5.32 Å². The van der Waals surface area contributed by atoms with Crippen molar-refractivity contribution in [2.45, 2.75) is 24.7 Å². The molecule has 104 valence electrons. The van der Waals surface area contributed by atoms with E-state index in [0.29, 0.717) is 26.1 Å². The van der Waals surface area contributed by atoms with Gasteiger partial charge in [0.2, 0.25) is 0 Å². The highest BCUT2D eigenvalue weighted by Gasteiger charge is 2.38. The molecule has 2 aliphatic heterocycles. The number of likely N-dealkylation sites (tertiary alicyclic amines) is 1. The molecular formula is C12H23N3O3. The molecule has 0 aromatic carbocycles. The first-order valence-corrected chi connectivity index (χ1v) is 6.53. The standard InChI is InChI=1S/C12H23N3O3/c1-14(2)7-9-5-10(16)8-15(9)12(17)11-6-13-3-4-18-11/h9-11,13,16H,3-8H2,1-2H3. The van der Waals surface area contributed by atoms with Gasteiger partial charge in [-0.1, -0.05) is 0 Å². The van der Waals surface area contributed by atoms with E-state index in [-0.39, 0.29) is 11.9 Å². The van der Waals surface area contributed by atoms with E-state index in [2.05, 4.69) is 5.32 Å². The summed E-state index contributed by atoms with van der Waals surface area (Å²) in [5.74, 6) is 0.00519. The van der Waals surface area contributed by atoms with Crippen molar-refractivity contribution in [3.8, 4) is 0 Å². The molecule has 0 saturated carbocycles. The van der Waals surface area contributed by atoms with Crippen LogP contribution in [0.4, 0.5) is 0 Å². The Kier molecular flexibility index (Phi) is 4.55. The van der Waals surface area contributed by atoms with Crippen molar-refractivity contribution >= 4 is 5.91 Å². The Hall–Kier alpha value is -0.690. The lowest BCUT2D eigenvalue weighted by molar-refractivity contribution is -0.146. The number of morpholine rings is 1. The number of aliphatic hydroxyl groups is 1. The second-order valence-electron chi connectivity index (χ2n) is 5.36. The number of hydrogen-bond donors (Lipinski definition) is 2. The van der Waals surface area contributed by atoms with E-state index in [0.717, 1.165) is 13.1 Å². The van der Waals surface area contributed by atoms with Gasteiger partial charge in [-0.3, -0.25) is 4.79 Å². The average molecular weight is 257 g/mol. The summed E-state index contributed by atoms with van der Waals surface area (Å²) < 4.78 is 5.49. The molecule has 3 atom stereocenters. The van der Waals surface area contributed by atoms with Crippen molar-refractivity contribution in [1.29, 1.82) is 0 Å². The molecule has 2 N–H and O–H groups in total. The third-order valence-electron chi connectivity index (χ3n) is 3.45. The number of carbonyl (C=O) groups is 1. The number of amides is 1. The van der Waals surface area contributed by atoms with Gasteiger partial charge < -0.3 is 25.0 Å². The van der Waals surface area contributed by atoms with Crippen LogP contribution in [0.3, 0.4) is 0 Å². The van der Waals surface area contributed by atoms with E-state index in [9.17, 15) is 9.90 Å². The van der Waals surface area contributed by atoms with E-state index < -0.39 is 12.2 Å². The second kappa shape index (κ2) is 5.97. The number of hydrogen-bond acceptors (Lipinski definition) is 5. The normalized spacial score (nSPS) is 33.1. The Labute approximate surface area is 108 Å². The van der Waals surface area contributed by atoms with Gasteiger partial charge in [0.25, 0.3) is 5.91 Å². The molecule has 0 aliphatic carbocycles. The van der Waals surface area contributed by atoms with Crippen LogP contribution in [0, 0.1) is 0 Å². The number of nitrogens with one attached hydrogen (secondary N) is 1. The third kappa shape index (κ3) is 3.20. The molecule has 1 amide bonds.